The third kappa shape index (κ3) is 4.30. The summed E-state index contributed by atoms with van der Waals surface area (Å²) < 4.78 is 39.1. The number of aryl methyl sites for hydroxylation is 2. The van der Waals surface area contributed by atoms with Gasteiger partial charge < -0.3 is 9.47 Å². The molecule has 0 bridgehead atoms. The van der Waals surface area contributed by atoms with Gasteiger partial charge >= 0.3 is 0 Å². The second kappa shape index (κ2) is 8.10. The van der Waals surface area contributed by atoms with Crippen LogP contribution in [0.4, 0.5) is 0 Å². The fourth-order valence-corrected chi connectivity index (χ4v) is 4.15. The molecule has 0 radical (unpaired) electrons. The summed E-state index contributed by atoms with van der Waals surface area (Å²) in [6.45, 7) is 0.223. The average molecular weight is 393 g/mol. The summed E-state index contributed by atoms with van der Waals surface area (Å²) >= 11 is 0. The van der Waals surface area contributed by atoms with E-state index in [1.54, 1.807) is 6.07 Å². The molecule has 0 amide bonds. The van der Waals surface area contributed by atoms with Crippen LogP contribution in [0.2, 0.25) is 0 Å². The van der Waals surface area contributed by atoms with Crippen LogP contribution < -0.4 is 19.8 Å². The van der Waals surface area contributed by atoms with Crippen LogP contribution in [0.25, 0.3) is 0 Å². The molecule has 0 unspecified atom stereocenters. The van der Waals surface area contributed by atoms with Crippen LogP contribution >= 0.6 is 0 Å². The summed E-state index contributed by atoms with van der Waals surface area (Å²) in [5.74, 6) is 0.772. The van der Waals surface area contributed by atoms with Crippen LogP contribution in [0, 0.1) is 0 Å². The van der Waals surface area contributed by atoms with E-state index < -0.39 is 10.0 Å². The Kier molecular flexibility index (Phi) is 5.81. The van der Waals surface area contributed by atoms with Gasteiger partial charge in [0.05, 0.1) is 31.4 Å². The number of hydrogen-bond donors (Lipinski definition) is 1. The summed E-state index contributed by atoms with van der Waals surface area (Å²) in [4.78, 5) is 12.2. The Morgan fingerprint density at radius 1 is 1.11 bits per heavy atom. The zero-order valence-corrected chi connectivity index (χ0v) is 16.2. The van der Waals surface area contributed by atoms with Crippen molar-refractivity contribution < 1.29 is 17.9 Å². The monoisotopic (exact) mass is 393 g/mol. The van der Waals surface area contributed by atoms with Gasteiger partial charge in [-0.15, -0.1) is 0 Å². The molecular formula is C18H23N3O5S. The van der Waals surface area contributed by atoms with Crippen LogP contribution in [-0.4, -0.2) is 39.0 Å². The first-order chi connectivity index (χ1) is 12.9. The molecule has 146 valence electrons. The second-order valence-electron chi connectivity index (χ2n) is 6.30. The van der Waals surface area contributed by atoms with Crippen LogP contribution in [0.1, 0.15) is 24.1 Å². The van der Waals surface area contributed by atoms with Crippen molar-refractivity contribution in [3.05, 3.63) is 45.9 Å². The molecule has 1 heterocycles. The maximum absolute atomic E-state index is 12.5. The molecule has 1 aromatic heterocycles. The fourth-order valence-electron chi connectivity index (χ4n) is 3.11. The highest BCUT2D eigenvalue weighted by atomic mass is 32.2. The number of benzene rings is 1. The molecule has 8 nitrogen and oxygen atoms in total. The summed E-state index contributed by atoms with van der Waals surface area (Å²) in [7, 11) is -0.827. The normalized spacial score (nSPS) is 13.9. The van der Waals surface area contributed by atoms with Gasteiger partial charge in [-0.3, -0.25) is 4.79 Å². The molecule has 0 fully saturated rings. The Bertz CT molecular complexity index is 985. The topological polar surface area (TPSA) is 99.5 Å². The number of ether oxygens (including phenoxy) is 2. The van der Waals surface area contributed by atoms with E-state index >= 15 is 0 Å². The van der Waals surface area contributed by atoms with Gasteiger partial charge in [-0.1, -0.05) is 0 Å². The SMILES string of the molecule is COc1ccc(S(=O)(=O)NCCn2nc3c(cc2=O)CCCC3)cc1OC. The van der Waals surface area contributed by atoms with Gasteiger partial charge in [0.25, 0.3) is 5.56 Å². The van der Waals surface area contributed by atoms with E-state index in [0.29, 0.717) is 11.5 Å². The largest absolute Gasteiger partial charge is 0.493 e. The van der Waals surface area contributed by atoms with E-state index in [4.69, 9.17) is 9.47 Å². The molecule has 0 saturated heterocycles. The minimum absolute atomic E-state index is 0.0579. The van der Waals surface area contributed by atoms with Crippen molar-refractivity contribution in [2.75, 3.05) is 20.8 Å². The lowest BCUT2D eigenvalue weighted by Crippen LogP contribution is -2.33. The zero-order chi connectivity index (χ0) is 19.4. The number of methoxy groups -OCH3 is 2. The van der Waals surface area contributed by atoms with Gasteiger partial charge in [-0.05, 0) is 43.4 Å². The van der Waals surface area contributed by atoms with Crippen molar-refractivity contribution in [3.8, 4) is 11.5 Å². The van der Waals surface area contributed by atoms with Gasteiger partial charge in [0, 0.05) is 18.7 Å². The standard InChI is InChI=1S/C18H23N3O5S/c1-25-16-8-7-14(12-17(16)26-2)27(23,24)19-9-10-21-18(22)11-13-5-3-4-6-15(13)20-21/h7-8,11-12,19H,3-6,9-10H2,1-2H3. The summed E-state index contributed by atoms with van der Waals surface area (Å²) in [6.07, 6.45) is 3.87. The number of fused-ring (bicyclic) bond motifs is 1. The third-order valence-electron chi connectivity index (χ3n) is 4.55. The first-order valence-electron chi connectivity index (χ1n) is 8.76. The minimum Gasteiger partial charge on any atom is -0.493 e. The van der Waals surface area contributed by atoms with Crippen LogP contribution in [-0.2, 0) is 29.4 Å². The Hall–Kier alpha value is -2.39. The molecule has 0 spiro atoms. The van der Waals surface area contributed by atoms with Gasteiger partial charge in [-0.25, -0.2) is 17.8 Å². The van der Waals surface area contributed by atoms with Crippen molar-refractivity contribution >= 4 is 10.0 Å². The van der Waals surface area contributed by atoms with E-state index in [-0.39, 0.29) is 23.5 Å². The maximum Gasteiger partial charge on any atom is 0.267 e. The molecular weight excluding hydrogens is 370 g/mol. The molecule has 0 saturated carbocycles. The number of nitrogens with one attached hydrogen (secondary N) is 1. The summed E-state index contributed by atoms with van der Waals surface area (Å²) in [5, 5.41) is 4.39. The highest BCUT2D eigenvalue weighted by Crippen LogP contribution is 2.29. The molecule has 1 aromatic carbocycles. The van der Waals surface area contributed by atoms with Crippen molar-refractivity contribution in [1.29, 1.82) is 0 Å². The second-order valence-corrected chi connectivity index (χ2v) is 8.07. The lowest BCUT2D eigenvalue weighted by atomic mass is 9.97. The number of sulfonamides is 1. The fraction of sp³-hybridized carbons (Fsp3) is 0.444. The van der Waals surface area contributed by atoms with E-state index in [1.165, 1.54) is 37.1 Å². The lowest BCUT2D eigenvalue weighted by Gasteiger charge is -2.16. The summed E-state index contributed by atoms with van der Waals surface area (Å²) in [5.41, 5.74) is 1.73. The van der Waals surface area contributed by atoms with Crippen LogP contribution in [0.5, 0.6) is 11.5 Å². The Labute approximate surface area is 158 Å². The first-order valence-corrected chi connectivity index (χ1v) is 10.2. The molecule has 1 aliphatic carbocycles. The van der Waals surface area contributed by atoms with Gasteiger partial charge in [0.2, 0.25) is 10.0 Å². The molecule has 3 rings (SSSR count). The lowest BCUT2D eigenvalue weighted by molar-refractivity contribution is 0.354. The first kappa shape index (κ1) is 19.4. The van der Waals surface area contributed by atoms with Crippen molar-refractivity contribution in [3.63, 3.8) is 0 Å². The van der Waals surface area contributed by atoms with Crippen LogP contribution in [0.3, 0.4) is 0 Å². The molecule has 1 N–H and O–H groups in total. The number of rotatable bonds is 7. The highest BCUT2D eigenvalue weighted by molar-refractivity contribution is 7.89. The van der Waals surface area contributed by atoms with Crippen molar-refractivity contribution in [2.45, 2.75) is 37.1 Å². The number of nitrogens with zero attached hydrogens (tertiary/aromatic N) is 2. The Balaban J connectivity index is 1.70. The van der Waals surface area contributed by atoms with E-state index in [2.05, 4.69) is 9.82 Å². The minimum atomic E-state index is -3.75. The quantitative estimate of drug-likeness (QED) is 0.757. The Morgan fingerprint density at radius 3 is 2.59 bits per heavy atom. The molecule has 2 aromatic rings. The molecule has 1 aliphatic rings. The van der Waals surface area contributed by atoms with Crippen molar-refractivity contribution in [1.82, 2.24) is 14.5 Å². The predicted molar refractivity (Wildman–Crippen MR) is 99.9 cm³/mol. The molecule has 0 aliphatic heterocycles. The average Bonchev–Trinajstić information content (AvgIpc) is 2.67. The van der Waals surface area contributed by atoms with Gasteiger partial charge in [0.1, 0.15) is 0 Å². The van der Waals surface area contributed by atoms with Crippen molar-refractivity contribution in [2.24, 2.45) is 0 Å². The number of aromatic nitrogens is 2. The predicted octanol–water partition coefficient (Wildman–Crippen LogP) is 1.12. The highest BCUT2D eigenvalue weighted by Gasteiger charge is 2.17. The van der Waals surface area contributed by atoms with Crippen LogP contribution in [0.15, 0.2) is 34.0 Å². The third-order valence-corrected chi connectivity index (χ3v) is 6.01. The number of hydrogen-bond acceptors (Lipinski definition) is 6. The van der Waals surface area contributed by atoms with Gasteiger partial charge in [0.15, 0.2) is 11.5 Å². The van der Waals surface area contributed by atoms with E-state index in [1.807, 2.05) is 0 Å². The molecule has 27 heavy (non-hydrogen) atoms. The summed E-state index contributed by atoms with van der Waals surface area (Å²) in [6, 6.07) is 5.98. The van der Waals surface area contributed by atoms with Gasteiger partial charge in [-0.2, -0.15) is 5.10 Å². The molecule has 0 atom stereocenters. The van der Waals surface area contributed by atoms with E-state index in [0.717, 1.165) is 36.9 Å². The Morgan fingerprint density at radius 2 is 1.85 bits per heavy atom. The van der Waals surface area contributed by atoms with E-state index in [9.17, 15) is 13.2 Å². The smallest absolute Gasteiger partial charge is 0.267 e. The zero-order valence-electron chi connectivity index (χ0n) is 15.4. The maximum atomic E-state index is 12.5. The molecule has 9 heteroatoms.